The van der Waals surface area contributed by atoms with Gasteiger partial charge < -0.3 is 10.1 Å². The second kappa shape index (κ2) is 8.39. The van der Waals surface area contributed by atoms with Gasteiger partial charge >= 0.3 is 0 Å². The van der Waals surface area contributed by atoms with Gasteiger partial charge in [-0.1, -0.05) is 50.9 Å². The van der Waals surface area contributed by atoms with Crippen LogP contribution in [0.1, 0.15) is 40.0 Å². The van der Waals surface area contributed by atoms with Gasteiger partial charge in [0.25, 0.3) is 0 Å². The summed E-state index contributed by atoms with van der Waals surface area (Å²) in [6, 6.07) is 8.06. The predicted molar refractivity (Wildman–Crippen MR) is 78.5 cm³/mol. The normalized spacial score (nSPS) is 14.2. The van der Waals surface area contributed by atoms with Gasteiger partial charge in [-0.15, -0.1) is 0 Å². The van der Waals surface area contributed by atoms with Crippen molar-refractivity contribution in [2.45, 2.75) is 52.2 Å². The van der Waals surface area contributed by atoms with E-state index in [1.807, 2.05) is 24.3 Å². The second-order valence-electron chi connectivity index (χ2n) is 4.45. The molecule has 18 heavy (non-hydrogen) atoms. The average molecular weight is 270 g/mol. The van der Waals surface area contributed by atoms with Crippen LogP contribution in [0.5, 0.6) is 5.75 Å². The zero-order chi connectivity index (χ0) is 13.4. The van der Waals surface area contributed by atoms with Crippen LogP contribution in [0, 0.1) is 0 Å². The lowest BCUT2D eigenvalue weighted by Gasteiger charge is -2.28. The fourth-order valence-electron chi connectivity index (χ4n) is 2.15. The third-order valence-electron chi connectivity index (χ3n) is 3.03. The van der Waals surface area contributed by atoms with Crippen LogP contribution in [0.25, 0.3) is 0 Å². The highest BCUT2D eigenvalue weighted by atomic mass is 35.5. The Balaban J connectivity index is 2.73. The quantitative estimate of drug-likeness (QED) is 0.761. The van der Waals surface area contributed by atoms with Crippen molar-refractivity contribution in [1.82, 2.24) is 5.32 Å². The van der Waals surface area contributed by atoms with E-state index in [1.165, 1.54) is 0 Å². The van der Waals surface area contributed by atoms with Crippen LogP contribution in [-0.2, 0) is 0 Å². The van der Waals surface area contributed by atoms with Crippen LogP contribution in [0.15, 0.2) is 24.3 Å². The smallest absolute Gasteiger partial charge is 0.138 e. The van der Waals surface area contributed by atoms with Crippen molar-refractivity contribution in [3.8, 4) is 5.75 Å². The number of hydrogen-bond acceptors (Lipinski definition) is 2. The van der Waals surface area contributed by atoms with E-state index in [2.05, 4.69) is 26.1 Å². The Bertz CT molecular complexity index is 337. The Hall–Kier alpha value is -0.730. The Morgan fingerprint density at radius 3 is 2.50 bits per heavy atom. The highest BCUT2D eigenvalue weighted by Gasteiger charge is 2.20. The molecule has 0 saturated carbocycles. The van der Waals surface area contributed by atoms with Gasteiger partial charge in [-0.25, -0.2) is 0 Å². The number of hydrogen-bond donors (Lipinski definition) is 1. The van der Waals surface area contributed by atoms with Gasteiger partial charge in [0.1, 0.15) is 11.9 Å². The summed E-state index contributed by atoms with van der Waals surface area (Å²) in [5.74, 6) is 0.782. The number of ether oxygens (including phenoxy) is 1. The van der Waals surface area contributed by atoms with Gasteiger partial charge in [-0.2, -0.15) is 0 Å². The summed E-state index contributed by atoms with van der Waals surface area (Å²) in [6.07, 6.45) is 3.42. The fraction of sp³-hybridized carbons (Fsp3) is 0.600. The molecule has 0 aliphatic carbocycles. The summed E-state index contributed by atoms with van der Waals surface area (Å²) in [5.41, 5.74) is 0. The third kappa shape index (κ3) is 4.51. The number of benzene rings is 1. The van der Waals surface area contributed by atoms with Gasteiger partial charge in [-0.05, 0) is 31.5 Å². The van der Waals surface area contributed by atoms with Crippen molar-refractivity contribution in [2.24, 2.45) is 0 Å². The summed E-state index contributed by atoms with van der Waals surface area (Å²) < 4.78 is 6.07. The van der Waals surface area contributed by atoms with Crippen LogP contribution in [0.2, 0.25) is 5.02 Å². The maximum absolute atomic E-state index is 6.14. The molecule has 0 bridgehead atoms. The summed E-state index contributed by atoms with van der Waals surface area (Å²) in [7, 11) is 0. The Kier molecular flexibility index (Phi) is 7.14. The maximum Gasteiger partial charge on any atom is 0.138 e. The summed E-state index contributed by atoms with van der Waals surface area (Å²) in [6.45, 7) is 7.45. The maximum atomic E-state index is 6.14. The van der Waals surface area contributed by atoms with Crippen LogP contribution in [-0.4, -0.2) is 18.7 Å². The van der Waals surface area contributed by atoms with Gasteiger partial charge in [0, 0.05) is 6.04 Å². The molecule has 0 aliphatic heterocycles. The van der Waals surface area contributed by atoms with Crippen LogP contribution < -0.4 is 10.1 Å². The van der Waals surface area contributed by atoms with E-state index in [0.29, 0.717) is 11.1 Å². The van der Waals surface area contributed by atoms with Crippen LogP contribution in [0.3, 0.4) is 0 Å². The lowest BCUT2D eigenvalue weighted by molar-refractivity contribution is 0.143. The Morgan fingerprint density at radius 2 is 1.94 bits per heavy atom. The van der Waals surface area contributed by atoms with Crippen molar-refractivity contribution in [1.29, 1.82) is 0 Å². The van der Waals surface area contributed by atoms with Crippen molar-refractivity contribution in [3.05, 3.63) is 29.3 Å². The van der Waals surface area contributed by atoms with Crippen LogP contribution >= 0.6 is 11.6 Å². The molecular formula is C15H24ClNO. The Morgan fingerprint density at radius 1 is 1.22 bits per heavy atom. The molecule has 0 aromatic heterocycles. The van der Waals surface area contributed by atoms with Crippen molar-refractivity contribution in [2.75, 3.05) is 6.54 Å². The third-order valence-corrected chi connectivity index (χ3v) is 3.34. The fourth-order valence-corrected chi connectivity index (χ4v) is 2.33. The second-order valence-corrected chi connectivity index (χ2v) is 4.86. The SMILES string of the molecule is CCCC(NCC)C(CC)Oc1ccccc1Cl. The highest BCUT2D eigenvalue weighted by Crippen LogP contribution is 2.26. The minimum atomic E-state index is 0.171. The minimum absolute atomic E-state index is 0.171. The number of rotatable bonds is 8. The lowest BCUT2D eigenvalue weighted by atomic mass is 10.0. The molecule has 2 unspecified atom stereocenters. The molecule has 0 amide bonds. The molecular weight excluding hydrogens is 246 g/mol. The molecule has 1 N–H and O–H groups in total. The number of halogens is 1. The Labute approximate surface area is 116 Å². The zero-order valence-corrected chi connectivity index (χ0v) is 12.3. The lowest BCUT2D eigenvalue weighted by Crippen LogP contribution is -2.42. The molecule has 102 valence electrons. The van der Waals surface area contributed by atoms with Crippen molar-refractivity contribution < 1.29 is 4.74 Å². The van der Waals surface area contributed by atoms with Crippen molar-refractivity contribution in [3.63, 3.8) is 0 Å². The molecule has 0 spiro atoms. The van der Waals surface area contributed by atoms with Crippen molar-refractivity contribution >= 4 is 11.6 Å². The first kappa shape index (κ1) is 15.3. The molecule has 1 aromatic rings. The minimum Gasteiger partial charge on any atom is -0.487 e. The summed E-state index contributed by atoms with van der Waals surface area (Å²) in [5, 5.41) is 4.19. The van der Waals surface area contributed by atoms with E-state index in [4.69, 9.17) is 16.3 Å². The average Bonchev–Trinajstić information content (AvgIpc) is 2.38. The highest BCUT2D eigenvalue weighted by molar-refractivity contribution is 6.32. The first-order valence-electron chi connectivity index (χ1n) is 6.87. The van der Waals surface area contributed by atoms with E-state index < -0.39 is 0 Å². The van der Waals surface area contributed by atoms with E-state index in [9.17, 15) is 0 Å². The molecule has 1 rings (SSSR count). The molecule has 3 heteroatoms. The number of para-hydroxylation sites is 1. The topological polar surface area (TPSA) is 21.3 Å². The zero-order valence-electron chi connectivity index (χ0n) is 11.6. The predicted octanol–water partition coefficient (Wildman–Crippen LogP) is 4.28. The molecule has 0 saturated heterocycles. The van der Waals surface area contributed by atoms with E-state index in [1.54, 1.807) is 0 Å². The van der Waals surface area contributed by atoms with Gasteiger partial charge in [-0.3, -0.25) is 0 Å². The molecule has 0 radical (unpaired) electrons. The van der Waals surface area contributed by atoms with Crippen LogP contribution in [0.4, 0.5) is 0 Å². The summed E-state index contributed by atoms with van der Waals surface area (Å²) in [4.78, 5) is 0. The van der Waals surface area contributed by atoms with E-state index in [-0.39, 0.29) is 6.10 Å². The molecule has 0 heterocycles. The van der Waals surface area contributed by atoms with Gasteiger partial charge in [0.15, 0.2) is 0 Å². The summed E-state index contributed by atoms with van der Waals surface area (Å²) >= 11 is 6.14. The molecule has 2 atom stereocenters. The number of likely N-dealkylation sites (N-methyl/N-ethyl adjacent to an activating group) is 1. The van der Waals surface area contributed by atoms with Gasteiger partial charge in [0.05, 0.1) is 5.02 Å². The number of nitrogens with one attached hydrogen (secondary N) is 1. The molecule has 0 aliphatic rings. The monoisotopic (exact) mass is 269 g/mol. The first-order valence-corrected chi connectivity index (χ1v) is 7.25. The standard InChI is InChI=1S/C15H24ClNO/c1-4-9-13(17-6-3)14(5-2)18-15-11-8-7-10-12(15)16/h7-8,10-11,13-14,17H,4-6,9H2,1-3H3. The van der Waals surface area contributed by atoms with Gasteiger partial charge in [0.2, 0.25) is 0 Å². The van der Waals surface area contributed by atoms with E-state index >= 15 is 0 Å². The van der Waals surface area contributed by atoms with E-state index in [0.717, 1.165) is 31.6 Å². The molecule has 0 fully saturated rings. The largest absolute Gasteiger partial charge is 0.487 e. The molecule has 1 aromatic carbocycles. The first-order chi connectivity index (χ1) is 8.72. The molecule has 2 nitrogen and oxygen atoms in total.